The molecule has 1 saturated carbocycles. The van der Waals surface area contributed by atoms with Crippen molar-refractivity contribution in [2.45, 2.75) is 12.8 Å². The van der Waals surface area contributed by atoms with Crippen molar-refractivity contribution in [1.29, 1.82) is 0 Å². The maximum absolute atomic E-state index is 12.5. The van der Waals surface area contributed by atoms with Crippen LogP contribution in [-0.4, -0.2) is 41.8 Å². The Morgan fingerprint density at radius 2 is 1.56 bits per heavy atom. The van der Waals surface area contributed by atoms with Gasteiger partial charge in [-0.05, 0) is 41.0 Å². The fourth-order valence-electron chi connectivity index (χ4n) is 5.03. The molecule has 2 atom stereocenters. The standard InChI is InChI=1S/C22H21NO4/c1-22(20(24)25)18-10-23(11-19(18)22)21(26)27-12-17-15-8-4-2-6-13(15)14-7-3-5-9-16(14)17/h2-9,17-19H,10-12H2,1H3,(H,24,25). The smallest absolute Gasteiger partial charge is 0.409 e. The Balaban J connectivity index is 1.28. The number of hydrogen-bond donors (Lipinski definition) is 1. The number of nitrogens with zero attached hydrogens (tertiary/aromatic N) is 1. The molecule has 2 aromatic rings. The van der Waals surface area contributed by atoms with Crippen molar-refractivity contribution >= 4 is 12.1 Å². The number of likely N-dealkylation sites (tertiary alicyclic amines) is 1. The lowest BCUT2D eigenvalue weighted by Gasteiger charge is -2.23. The Morgan fingerprint density at radius 3 is 2.07 bits per heavy atom. The van der Waals surface area contributed by atoms with Crippen LogP contribution in [0.5, 0.6) is 0 Å². The molecule has 3 aliphatic rings. The summed E-state index contributed by atoms with van der Waals surface area (Å²) in [6.45, 7) is 3.03. The van der Waals surface area contributed by atoms with Gasteiger partial charge in [0.2, 0.25) is 0 Å². The number of carbonyl (C=O) groups excluding carboxylic acids is 1. The van der Waals surface area contributed by atoms with Gasteiger partial charge in [0.25, 0.3) is 0 Å². The third-order valence-electron chi connectivity index (χ3n) is 6.81. The number of carbonyl (C=O) groups is 2. The van der Waals surface area contributed by atoms with Crippen LogP contribution in [0.2, 0.25) is 0 Å². The van der Waals surface area contributed by atoms with Crippen LogP contribution in [0.3, 0.4) is 0 Å². The topological polar surface area (TPSA) is 66.8 Å². The first-order chi connectivity index (χ1) is 13.0. The summed E-state index contributed by atoms with van der Waals surface area (Å²) in [7, 11) is 0. The van der Waals surface area contributed by atoms with Gasteiger partial charge in [0, 0.05) is 19.0 Å². The van der Waals surface area contributed by atoms with Gasteiger partial charge in [-0.15, -0.1) is 0 Å². The molecule has 0 radical (unpaired) electrons. The number of aliphatic carboxylic acids is 1. The Labute approximate surface area is 157 Å². The van der Waals surface area contributed by atoms with E-state index in [-0.39, 0.29) is 23.8 Å². The van der Waals surface area contributed by atoms with Crippen molar-refractivity contribution in [3.8, 4) is 11.1 Å². The van der Waals surface area contributed by atoms with Crippen LogP contribution < -0.4 is 0 Å². The summed E-state index contributed by atoms with van der Waals surface area (Å²) in [5, 5.41) is 9.34. The van der Waals surface area contributed by atoms with Gasteiger partial charge >= 0.3 is 12.1 Å². The Morgan fingerprint density at radius 1 is 1.04 bits per heavy atom. The molecule has 5 nitrogen and oxygen atoms in total. The number of ether oxygens (including phenoxy) is 1. The summed E-state index contributed by atoms with van der Waals surface area (Å²) in [6.07, 6.45) is -0.336. The second-order valence-corrected chi connectivity index (χ2v) is 8.01. The van der Waals surface area contributed by atoms with Crippen LogP contribution in [0, 0.1) is 17.3 Å². The number of fused-ring (bicyclic) bond motifs is 4. The molecule has 2 fully saturated rings. The molecule has 1 heterocycles. The SMILES string of the molecule is CC1(C(=O)O)C2CN(C(=O)OCC3c4ccccc4-c4ccccc43)CC21. The number of piperidine rings is 1. The van der Waals surface area contributed by atoms with E-state index in [1.807, 2.05) is 24.3 Å². The Hall–Kier alpha value is -2.82. The van der Waals surface area contributed by atoms with Gasteiger partial charge in [0.15, 0.2) is 0 Å². The number of benzene rings is 2. The largest absolute Gasteiger partial charge is 0.481 e. The van der Waals surface area contributed by atoms with Gasteiger partial charge in [0.1, 0.15) is 6.61 Å². The van der Waals surface area contributed by atoms with E-state index in [1.54, 1.807) is 11.8 Å². The third-order valence-corrected chi connectivity index (χ3v) is 6.81. The van der Waals surface area contributed by atoms with Crippen LogP contribution in [0.25, 0.3) is 11.1 Å². The van der Waals surface area contributed by atoms with Gasteiger partial charge in [-0.1, -0.05) is 48.5 Å². The van der Waals surface area contributed by atoms with Crippen LogP contribution in [0.1, 0.15) is 24.0 Å². The van der Waals surface area contributed by atoms with Crippen LogP contribution in [-0.2, 0) is 9.53 Å². The lowest BCUT2D eigenvalue weighted by molar-refractivity contribution is -0.144. The van der Waals surface area contributed by atoms with Crippen molar-refractivity contribution in [3.63, 3.8) is 0 Å². The average molecular weight is 363 g/mol. The molecule has 2 aliphatic carbocycles. The number of carboxylic acids is 1. The fraction of sp³-hybridized carbons (Fsp3) is 0.364. The normalized spacial score (nSPS) is 27.7. The van der Waals surface area contributed by atoms with E-state index < -0.39 is 11.4 Å². The molecule has 27 heavy (non-hydrogen) atoms. The molecule has 1 amide bonds. The summed E-state index contributed by atoms with van der Waals surface area (Å²) >= 11 is 0. The monoisotopic (exact) mass is 363 g/mol. The lowest BCUT2D eigenvalue weighted by Crippen LogP contribution is -2.36. The molecule has 5 rings (SSSR count). The Bertz CT molecular complexity index is 895. The summed E-state index contributed by atoms with van der Waals surface area (Å²) < 4.78 is 5.66. The van der Waals surface area contributed by atoms with E-state index in [0.717, 1.165) is 0 Å². The highest BCUT2D eigenvalue weighted by Gasteiger charge is 2.70. The molecule has 138 valence electrons. The zero-order valence-electron chi connectivity index (χ0n) is 15.1. The number of hydrogen-bond acceptors (Lipinski definition) is 3. The van der Waals surface area contributed by atoms with Crippen LogP contribution in [0.15, 0.2) is 48.5 Å². The van der Waals surface area contributed by atoms with E-state index in [1.165, 1.54) is 22.3 Å². The zero-order chi connectivity index (χ0) is 18.8. The highest BCUT2D eigenvalue weighted by atomic mass is 16.6. The van der Waals surface area contributed by atoms with Crippen LogP contribution in [0.4, 0.5) is 4.79 Å². The number of amides is 1. The highest BCUT2D eigenvalue weighted by molar-refractivity contribution is 5.81. The van der Waals surface area contributed by atoms with Gasteiger partial charge in [0.05, 0.1) is 5.41 Å². The maximum atomic E-state index is 12.5. The van der Waals surface area contributed by atoms with Gasteiger partial charge < -0.3 is 14.7 Å². The lowest BCUT2D eigenvalue weighted by atomic mass is 9.98. The second-order valence-electron chi connectivity index (χ2n) is 8.01. The molecule has 0 aromatic heterocycles. The molecule has 1 saturated heterocycles. The minimum absolute atomic E-state index is 0.0442. The molecule has 2 aromatic carbocycles. The molecule has 5 heteroatoms. The molecule has 2 unspecified atom stereocenters. The first kappa shape index (κ1) is 16.4. The minimum Gasteiger partial charge on any atom is -0.481 e. The molecule has 0 bridgehead atoms. The van der Waals surface area contributed by atoms with Crippen LogP contribution >= 0.6 is 0 Å². The molecular weight excluding hydrogens is 342 g/mol. The number of rotatable bonds is 3. The van der Waals surface area contributed by atoms with Gasteiger partial charge in [-0.2, -0.15) is 0 Å². The number of carboxylic acid groups (broad SMARTS) is 1. The quantitative estimate of drug-likeness (QED) is 0.905. The summed E-state index contributed by atoms with van der Waals surface area (Å²) in [5.41, 5.74) is 4.12. The Kier molecular flexibility index (Phi) is 3.39. The average Bonchev–Trinajstić information content (AvgIpc) is 3.04. The van der Waals surface area contributed by atoms with Crippen molar-refractivity contribution < 1.29 is 19.4 Å². The fourth-order valence-corrected chi connectivity index (χ4v) is 5.03. The van der Waals surface area contributed by atoms with Gasteiger partial charge in [-0.25, -0.2) is 4.79 Å². The molecule has 1 N–H and O–H groups in total. The van der Waals surface area contributed by atoms with Crippen molar-refractivity contribution in [2.75, 3.05) is 19.7 Å². The first-order valence-corrected chi connectivity index (χ1v) is 9.35. The predicted molar refractivity (Wildman–Crippen MR) is 99.4 cm³/mol. The highest BCUT2D eigenvalue weighted by Crippen LogP contribution is 2.62. The molecule has 0 spiro atoms. The summed E-state index contributed by atoms with van der Waals surface area (Å²) in [4.78, 5) is 25.6. The second kappa shape index (κ2) is 5.59. The van der Waals surface area contributed by atoms with Crippen molar-refractivity contribution in [1.82, 2.24) is 4.90 Å². The van der Waals surface area contributed by atoms with E-state index in [0.29, 0.717) is 19.7 Å². The minimum atomic E-state index is -0.760. The van der Waals surface area contributed by atoms with Crippen molar-refractivity contribution in [3.05, 3.63) is 59.7 Å². The molecular formula is C22H21NO4. The van der Waals surface area contributed by atoms with E-state index in [4.69, 9.17) is 4.74 Å². The predicted octanol–water partition coefficient (Wildman–Crippen LogP) is 3.59. The van der Waals surface area contributed by atoms with Crippen molar-refractivity contribution in [2.24, 2.45) is 17.3 Å². The van der Waals surface area contributed by atoms with Gasteiger partial charge in [-0.3, -0.25) is 4.79 Å². The maximum Gasteiger partial charge on any atom is 0.409 e. The molecule has 1 aliphatic heterocycles. The van der Waals surface area contributed by atoms with E-state index in [9.17, 15) is 14.7 Å². The summed E-state index contributed by atoms with van der Waals surface area (Å²) in [5.74, 6) is -0.613. The zero-order valence-corrected chi connectivity index (χ0v) is 15.1. The summed E-state index contributed by atoms with van der Waals surface area (Å²) in [6, 6.07) is 16.5. The van der Waals surface area contributed by atoms with E-state index >= 15 is 0 Å². The van der Waals surface area contributed by atoms with E-state index in [2.05, 4.69) is 24.3 Å². The third kappa shape index (κ3) is 2.24. The first-order valence-electron chi connectivity index (χ1n) is 9.35.